The number of carbonyl (C=O) groups is 2. The molecule has 0 radical (unpaired) electrons. The Morgan fingerprint density at radius 1 is 1.00 bits per heavy atom. The average Bonchev–Trinajstić information content (AvgIpc) is 3.58. The first-order valence-electron chi connectivity index (χ1n) is 10.5. The van der Waals surface area contributed by atoms with Crippen LogP contribution in [0.5, 0.6) is 5.75 Å². The first-order chi connectivity index (χ1) is 15.2. The molecule has 31 heavy (non-hydrogen) atoms. The van der Waals surface area contributed by atoms with Crippen LogP contribution in [0.4, 0.5) is 11.8 Å². The van der Waals surface area contributed by atoms with Crippen molar-refractivity contribution >= 4 is 29.2 Å². The van der Waals surface area contributed by atoms with E-state index < -0.39 is 0 Å². The quantitative estimate of drug-likeness (QED) is 0.654. The van der Waals surface area contributed by atoms with Crippen LogP contribution in [0.15, 0.2) is 48.5 Å². The maximum Gasteiger partial charge on any atom is 0.260 e. The summed E-state index contributed by atoms with van der Waals surface area (Å²) >= 11 is 0. The van der Waals surface area contributed by atoms with Gasteiger partial charge in [-0.15, -0.1) is 5.10 Å². The van der Waals surface area contributed by atoms with Crippen molar-refractivity contribution < 1.29 is 14.3 Å². The Morgan fingerprint density at radius 3 is 2.52 bits per heavy atom. The minimum absolute atomic E-state index is 0.0118. The first-order valence-corrected chi connectivity index (χ1v) is 10.5. The molecular weight excluding hydrogens is 396 g/mol. The van der Waals surface area contributed by atoms with Gasteiger partial charge in [-0.3, -0.25) is 14.9 Å². The van der Waals surface area contributed by atoms with Gasteiger partial charge in [0.25, 0.3) is 5.91 Å². The van der Waals surface area contributed by atoms with Gasteiger partial charge in [-0.05, 0) is 37.1 Å². The molecule has 3 aromatic rings. The molecule has 1 saturated heterocycles. The number of hydrogen-bond donors (Lipinski definition) is 1. The van der Waals surface area contributed by atoms with Crippen LogP contribution >= 0.6 is 0 Å². The summed E-state index contributed by atoms with van der Waals surface area (Å²) < 4.78 is 7.33. The van der Waals surface area contributed by atoms with Gasteiger partial charge in [0.1, 0.15) is 11.6 Å². The predicted octanol–water partition coefficient (Wildman–Crippen LogP) is 1.81. The number of benzene rings is 1. The lowest BCUT2D eigenvalue weighted by Gasteiger charge is -2.35. The van der Waals surface area contributed by atoms with E-state index in [1.165, 1.54) is 0 Å². The molecule has 9 nitrogen and oxygen atoms in total. The first kappa shape index (κ1) is 19.3. The summed E-state index contributed by atoms with van der Waals surface area (Å²) in [6.07, 6.45) is 1.87. The second-order valence-corrected chi connectivity index (χ2v) is 7.82. The second kappa shape index (κ2) is 8.25. The Kier molecular flexibility index (Phi) is 5.15. The molecule has 1 aliphatic heterocycles. The van der Waals surface area contributed by atoms with Gasteiger partial charge in [-0.2, -0.15) is 9.50 Å². The molecule has 2 aromatic heterocycles. The summed E-state index contributed by atoms with van der Waals surface area (Å²) in [5.74, 6) is 1.98. The number of aromatic nitrogens is 3. The smallest absolute Gasteiger partial charge is 0.260 e. The van der Waals surface area contributed by atoms with Gasteiger partial charge >= 0.3 is 0 Å². The Bertz CT molecular complexity index is 1090. The zero-order chi connectivity index (χ0) is 21.2. The number of nitrogens with one attached hydrogen (secondary N) is 1. The van der Waals surface area contributed by atoms with Gasteiger partial charge in [0.2, 0.25) is 11.9 Å². The SMILES string of the molecule is O=C(Nc1nc2cccc(N3CCN(C(=O)COc4ccccc4)CC3)n2n1)C1CC1. The molecule has 160 valence electrons. The molecule has 0 atom stereocenters. The number of piperazine rings is 1. The Morgan fingerprint density at radius 2 is 1.77 bits per heavy atom. The van der Waals surface area contributed by atoms with E-state index in [0.717, 1.165) is 18.7 Å². The number of carbonyl (C=O) groups excluding carboxylic acids is 2. The second-order valence-electron chi connectivity index (χ2n) is 7.82. The van der Waals surface area contributed by atoms with Crippen LogP contribution < -0.4 is 15.0 Å². The molecule has 3 heterocycles. The maximum atomic E-state index is 12.5. The van der Waals surface area contributed by atoms with E-state index in [2.05, 4.69) is 20.3 Å². The number of rotatable bonds is 6. The largest absolute Gasteiger partial charge is 0.484 e. The highest BCUT2D eigenvalue weighted by Crippen LogP contribution is 2.30. The molecule has 2 aliphatic rings. The van der Waals surface area contributed by atoms with E-state index in [4.69, 9.17) is 4.74 Å². The summed E-state index contributed by atoms with van der Waals surface area (Å²) in [5, 5.41) is 7.29. The zero-order valence-corrected chi connectivity index (χ0v) is 17.1. The number of amides is 2. The highest BCUT2D eigenvalue weighted by Gasteiger charge is 2.30. The van der Waals surface area contributed by atoms with Crippen molar-refractivity contribution in [2.45, 2.75) is 12.8 Å². The summed E-state index contributed by atoms with van der Waals surface area (Å²) in [6, 6.07) is 15.1. The lowest BCUT2D eigenvalue weighted by Crippen LogP contribution is -2.50. The van der Waals surface area contributed by atoms with Crippen LogP contribution in [0.25, 0.3) is 5.65 Å². The van der Waals surface area contributed by atoms with E-state index in [0.29, 0.717) is 43.5 Å². The summed E-state index contributed by atoms with van der Waals surface area (Å²) in [5.41, 5.74) is 0.679. The average molecular weight is 420 g/mol. The number of hydrogen-bond acceptors (Lipinski definition) is 6. The molecule has 5 rings (SSSR count). The van der Waals surface area contributed by atoms with Gasteiger partial charge < -0.3 is 14.5 Å². The third kappa shape index (κ3) is 4.30. The van der Waals surface area contributed by atoms with Gasteiger partial charge in [0.15, 0.2) is 12.3 Å². The minimum Gasteiger partial charge on any atom is -0.484 e. The fourth-order valence-electron chi connectivity index (χ4n) is 3.68. The topological polar surface area (TPSA) is 92.1 Å². The monoisotopic (exact) mass is 420 g/mol. The summed E-state index contributed by atoms with van der Waals surface area (Å²) in [6.45, 7) is 2.60. The van der Waals surface area contributed by atoms with Crippen LogP contribution in [-0.2, 0) is 9.59 Å². The van der Waals surface area contributed by atoms with Crippen molar-refractivity contribution in [1.82, 2.24) is 19.5 Å². The Labute approximate surface area is 179 Å². The van der Waals surface area contributed by atoms with Crippen molar-refractivity contribution in [1.29, 1.82) is 0 Å². The third-order valence-electron chi connectivity index (χ3n) is 5.58. The molecule has 0 unspecified atom stereocenters. The van der Waals surface area contributed by atoms with E-state index in [9.17, 15) is 9.59 Å². The Hall–Kier alpha value is -3.62. The molecule has 2 fully saturated rings. The van der Waals surface area contributed by atoms with Crippen molar-refractivity contribution in [3.8, 4) is 5.75 Å². The van der Waals surface area contributed by atoms with Gasteiger partial charge in [-0.25, -0.2) is 0 Å². The van der Waals surface area contributed by atoms with E-state index in [1.54, 1.807) is 4.52 Å². The van der Waals surface area contributed by atoms with Crippen LogP contribution in [0.1, 0.15) is 12.8 Å². The van der Waals surface area contributed by atoms with Gasteiger partial charge in [-0.1, -0.05) is 24.3 Å². The van der Waals surface area contributed by atoms with E-state index in [1.807, 2.05) is 53.4 Å². The molecule has 1 saturated carbocycles. The van der Waals surface area contributed by atoms with E-state index in [-0.39, 0.29) is 24.3 Å². The number of nitrogens with zero attached hydrogens (tertiary/aromatic N) is 5. The van der Waals surface area contributed by atoms with Crippen LogP contribution in [0, 0.1) is 5.92 Å². The number of para-hydroxylation sites is 1. The predicted molar refractivity (Wildman–Crippen MR) is 115 cm³/mol. The summed E-state index contributed by atoms with van der Waals surface area (Å²) in [4.78, 5) is 33.0. The molecule has 2 amide bonds. The molecule has 1 N–H and O–H groups in total. The Balaban J connectivity index is 1.21. The van der Waals surface area contributed by atoms with Crippen LogP contribution in [0.3, 0.4) is 0 Å². The third-order valence-corrected chi connectivity index (χ3v) is 5.58. The normalized spacial score (nSPS) is 16.4. The summed E-state index contributed by atoms with van der Waals surface area (Å²) in [7, 11) is 0. The molecule has 9 heteroatoms. The van der Waals surface area contributed by atoms with Crippen molar-refractivity contribution in [2.24, 2.45) is 5.92 Å². The fraction of sp³-hybridized carbons (Fsp3) is 0.364. The van der Waals surface area contributed by atoms with Crippen molar-refractivity contribution in [2.75, 3.05) is 43.0 Å². The molecular formula is C22H24N6O3. The van der Waals surface area contributed by atoms with Gasteiger partial charge in [0, 0.05) is 32.1 Å². The lowest BCUT2D eigenvalue weighted by atomic mass is 10.3. The van der Waals surface area contributed by atoms with Crippen molar-refractivity contribution in [3.63, 3.8) is 0 Å². The highest BCUT2D eigenvalue weighted by molar-refractivity contribution is 5.92. The molecule has 1 aliphatic carbocycles. The van der Waals surface area contributed by atoms with Crippen LogP contribution in [-0.4, -0.2) is 64.1 Å². The van der Waals surface area contributed by atoms with Crippen LogP contribution in [0.2, 0.25) is 0 Å². The lowest BCUT2D eigenvalue weighted by molar-refractivity contribution is -0.133. The standard InChI is InChI=1S/C22H24N6O3/c29-20(15-31-17-5-2-1-3-6-17)27-13-11-26(12-14-27)19-8-4-7-18-23-22(25-28(18)19)24-21(30)16-9-10-16/h1-8,16H,9-15H2,(H,24,25,30). The number of fused-ring (bicyclic) bond motifs is 1. The van der Waals surface area contributed by atoms with Gasteiger partial charge in [0.05, 0.1) is 0 Å². The maximum absolute atomic E-state index is 12.5. The number of pyridine rings is 1. The highest BCUT2D eigenvalue weighted by atomic mass is 16.5. The number of anilines is 2. The van der Waals surface area contributed by atoms with E-state index >= 15 is 0 Å². The van der Waals surface area contributed by atoms with Crippen molar-refractivity contribution in [3.05, 3.63) is 48.5 Å². The molecule has 1 aromatic carbocycles. The molecule has 0 spiro atoms. The number of ether oxygens (including phenoxy) is 1. The minimum atomic E-state index is -0.0208. The molecule has 0 bridgehead atoms. The zero-order valence-electron chi connectivity index (χ0n) is 17.1. The fourth-order valence-corrected chi connectivity index (χ4v) is 3.68.